The molecule has 0 atom stereocenters. The van der Waals surface area contributed by atoms with Gasteiger partial charge in [-0.25, -0.2) is 15.3 Å². The van der Waals surface area contributed by atoms with Crippen molar-refractivity contribution in [3.05, 3.63) is 89.3 Å². The van der Waals surface area contributed by atoms with Gasteiger partial charge in [-0.1, -0.05) is 18.2 Å². The fourth-order valence-electron chi connectivity index (χ4n) is 3.67. The van der Waals surface area contributed by atoms with Crippen LogP contribution in [-0.4, -0.2) is 36.2 Å². The molecule has 0 N–H and O–H groups in total. The quantitative estimate of drug-likeness (QED) is 0.331. The van der Waals surface area contributed by atoms with Gasteiger partial charge in [0.05, 0.1) is 31.7 Å². The molecule has 0 aliphatic heterocycles. The molecule has 0 aliphatic rings. The maximum Gasteiger partial charge on any atom is 1.00 e. The summed E-state index contributed by atoms with van der Waals surface area (Å²) < 4.78 is 5.97. The largest absolute Gasteiger partial charge is 1.00 e. The topological polar surface area (TPSA) is 53.5 Å². The van der Waals surface area contributed by atoms with Crippen molar-refractivity contribution in [3.63, 3.8) is 0 Å². The van der Waals surface area contributed by atoms with Gasteiger partial charge in [0.25, 0.3) is 0 Å². The normalized spacial score (nSPS) is 11.2. The van der Waals surface area contributed by atoms with Crippen LogP contribution in [0, 0.1) is 0 Å². The third kappa shape index (κ3) is 4.31. The van der Waals surface area contributed by atoms with Crippen molar-refractivity contribution in [2.24, 2.45) is 0 Å². The summed E-state index contributed by atoms with van der Waals surface area (Å²) in [5.74, 6) is 0. The first kappa shape index (κ1) is 22.2. The Balaban J connectivity index is 0.00000216. The average molecular weight is 499 g/mol. The number of hydrogen-bond donors (Lipinski definition) is 0. The van der Waals surface area contributed by atoms with Crippen LogP contribution in [0.3, 0.4) is 0 Å². The molecule has 0 amide bonds. The van der Waals surface area contributed by atoms with E-state index >= 15 is 0 Å². The molecule has 0 saturated heterocycles. The standard InChI is InChI=1S/C21H16BN6S3.K/c1-4-19(29-13-1)16-7-10-26(23-16)22(27-11-8-17(24-27)20-5-2-14-30-20)28-12-9-18(25-28)21-6-3-15-31-21;/h1-15,22H;/q-1;+1. The van der Waals surface area contributed by atoms with Gasteiger partial charge in [-0.05, 0) is 71.1 Å². The summed E-state index contributed by atoms with van der Waals surface area (Å²) in [7, 11) is -1.42. The second-order valence-electron chi connectivity index (χ2n) is 7.08. The molecule has 6 aromatic rings. The molecule has 0 unspecified atom stereocenters. The van der Waals surface area contributed by atoms with Gasteiger partial charge in [0.1, 0.15) is 0 Å². The molecule has 152 valence electrons. The molecule has 6 heterocycles. The van der Waals surface area contributed by atoms with Crippen LogP contribution >= 0.6 is 34.0 Å². The molecule has 6 aromatic heterocycles. The third-order valence-electron chi connectivity index (χ3n) is 5.11. The van der Waals surface area contributed by atoms with Crippen molar-refractivity contribution < 1.29 is 51.4 Å². The van der Waals surface area contributed by atoms with Crippen LogP contribution in [0.4, 0.5) is 0 Å². The van der Waals surface area contributed by atoms with Gasteiger partial charge < -0.3 is 13.8 Å². The van der Waals surface area contributed by atoms with Crippen LogP contribution < -0.4 is 51.4 Å². The smallest absolute Gasteiger partial charge is 0.402 e. The first-order chi connectivity index (χ1) is 15.3. The monoisotopic (exact) mass is 498 g/mol. The predicted molar refractivity (Wildman–Crippen MR) is 130 cm³/mol. The van der Waals surface area contributed by atoms with E-state index in [1.807, 2.05) is 50.6 Å². The van der Waals surface area contributed by atoms with Crippen LogP contribution in [0.5, 0.6) is 0 Å². The zero-order chi connectivity index (χ0) is 20.6. The minimum atomic E-state index is -1.42. The Bertz CT molecular complexity index is 1230. The van der Waals surface area contributed by atoms with Gasteiger partial charge in [0.2, 0.25) is 0 Å². The van der Waals surface area contributed by atoms with E-state index in [4.69, 9.17) is 15.3 Å². The van der Waals surface area contributed by atoms with Gasteiger partial charge in [0, 0.05) is 0 Å². The minimum absolute atomic E-state index is 0. The molecule has 6 nitrogen and oxygen atoms in total. The summed E-state index contributed by atoms with van der Waals surface area (Å²) in [6.07, 6.45) is 6.07. The van der Waals surface area contributed by atoms with E-state index in [9.17, 15) is 0 Å². The maximum atomic E-state index is 4.90. The minimum Gasteiger partial charge on any atom is -0.402 e. The fourth-order valence-corrected chi connectivity index (χ4v) is 5.74. The summed E-state index contributed by atoms with van der Waals surface area (Å²) in [5.41, 5.74) is 2.89. The Hall–Kier alpha value is -1.57. The predicted octanol–water partition coefficient (Wildman–Crippen LogP) is 2.13. The van der Waals surface area contributed by atoms with E-state index in [0.29, 0.717) is 0 Å². The summed E-state index contributed by atoms with van der Waals surface area (Å²) in [6.45, 7) is 0. The van der Waals surface area contributed by atoms with Crippen molar-refractivity contribution in [2.75, 3.05) is 0 Å². The molecule has 32 heavy (non-hydrogen) atoms. The maximum absolute atomic E-state index is 4.90. The number of rotatable bonds is 6. The SMILES string of the molecule is [K+].c1csc(-c2ccn([BH-](n3ccc(-c4cccs4)n3)n3ccc(-c4cccs4)n3)n2)c1. The Morgan fingerprint density at radius 1 is 0.531 bits per heavy atom. The van der Waals surface area contributed by atoms with Crippen LogP contribution in [-0.2, 0) is 0 Å². The van der Waals surface area contributed by atoms with Crippen molar-refractivity contribution >= 4 is 41.1 Å². The van der Waals surface area contributed by atoms with E-state index in [2.05, 4.69) is 52.5 Å². The Kier molecular flexibility index (Phi) is 6.77. The van der Waals surface area contributed by atoms with Gasteiger partial charge in [0.15, 0.2) is 0 Å². The molecular formula is C21H16BKN6S3. The van der Waals surface area contributed by atoms with E-state index in [1.165, 1.54) is 0 Å². The van der Waals surface area contributed by atoms with E-state index < -0.39 is 7.12 Å². The van der Waals surface area contributed by atoms with E-state index in [1.54, 1.807) is 34.0 Å². The Morgan fingerprint density at radius 3 is 1.16 bits per heavy atom. The van der Waals surface area contributed by atoms with Gasteiger partial charge in [-0.15, -0.1) is 34.0 Å². The molecule has 0 fully saturated rings. The Labute approximate surface area is 239 Å². The molecule has 6 rings (SSSR count). The summed E-state index contributed by atoms with van der Waals surface area (Å²) in [5, 5.41) is 20.9. The number of aromatic nitrogens is 6. The number of hydrogen-bond acceptors (Lipinski definition) is 6. The molecule has 0 bridgehead atoms. The molecule has 0 saturated carbocycles. The first-order valence-corrected chi connectivity index (χ1v) is 12.4. The van der Waals surface area contributed by atoms with Gasteiger partial charge in [-0.2, -0.15) is 0 Å². The zero-order valence-corrected chi connectivity index (χ0v) is 22.8. The van der Waals surface area contributed by atoms with Crippen LogP contribution in [0.2, 0.25) is 0 Å². The summed E-state index contributed by atoms with van der Waals surface area (Å²) >= 11 is 5.07. The van der Waals surface area contributed by atoms with Crippen LogP contribution in [0.25, 0.3) is 31.7 Å². The average Bonchev–Trinajstić information content (AvgIpc) is 3.61. The van der Waals surface area contributed by atoms with Gasteiger partial charge in [-0.3, -0.25) is 0 Å². The fraction of sp³-hybridized carbons (Fsp3) is 0. The van der Waals surface area contributed by atoms with Crippen molar-refractivity contribution in [1.29, 1.82) is 0 Å². The molecule has 0 aromatic carbocycles. The van der Waals surface area contributed by atoms with Crippen molar-refractivity contribution in [3.8, 4) is 31.7 Å². The summed E-state index contributed by atoms with van der Waals surface area (Å²) in [6, 6.07) is 18.6. The van der Waals surface area contributed by atoms with Crippen LogP contribution in [0.1, 0.15) is 0 Å². The first-order valence-electron chi connectivity index (χ1n) is 9.80. The third-order valence-corrected chi connectivity index (χ3v) is 7.79. The molecule has 0 aliphatic carbocycles. The summed E-state index contributed by atoms with van der Waals surface area (Å²) in [4.78, 5) is 3.45. The van der Waals surface area contributed by atoms with E-state index in [0.717, 1.165) is 31.7 Å². The molecule has 11 heteroatoms. The second-order valence-corrected chi connectivity index (χ2v) is 9.92. The van der Waals surface area contributed by atoms with Crippen LogP contribution in [0.15, 0.2) is 89.3 Å². The van der Waals surface area contributed by atoms with Gasteiger partial charge >= 0.3 is 58.5 Å². The number of nitrogens with zero attached hydrogens (tertiary/aromatic N) is 6. The number of thiophene rings is 3. The van der Waals surface area contributed by atoms with Crippen molar-refractivity contribution in [2.45, 2.75) is 0 Å². The second kappa shape index (κ2) is 9.74. The van der Waals surface area contributed by atoms with Crippen molar-refractivity contribution in [1.82, 2.24) is 29.1 Å². The zero-order valence-electron chi connectivity index (χ0n) is 17.3. The molecule has 0 spiro atoms. The molecule has 0 radical (unpaired) electrons. The Morgan fingerprint density at radius 2 is 0.875 bits per heavy atom. The molecular weight excluding hydrogens is 482 g/mol. The van der Waals surface area contributed by atoms with E-state index in [-0.39, 0.29) is 51.4 Å².